The highest BCUT2D eigenvalue weighted by Crippen LogP contribution is 2.21. The molecule has 1 amide bonds. The van der Waals surface area contributed by atoms with E-state index < -0.39 is 0 Å². The molecular formula is C20H28N4O2. The average molecular weight is 356 g/mol. The predicted octanol–water partition coefficient (Wildman–Crippen LogP) is 3.13. The van der Waals surface area contributed by atoms with Gasteiger partial charge in [0.15, 0.2) is 0 Å². The smallest absolute Gasteiger partial charge is 0.241 e. The van der Waals surface area contributed by atoms with Gasteiger partial charge in [-0.1, -0.05) is 55.8 Å². The molecule has 140 valence electrons. The maximum Gasteiger partial charge on any atom is 0.241 e. The molecule has 6 heteroatoms. The quantitative estimate of drug-likeness (QED) is 0.842. The van der Waals surface area contributed by atoms with Crippen LogP contribution in [0.1, 0.15) is 38.6 Å². The fourth-order valence-corrected chi connectivity index (χ4v) is 3.05. The number of piperazine rings is 1. The Morgan fingerprint density at radius 1 is 1.12 bits per heavy atom. The van der Waals surface area contributed by atoms with E-state index in [0.29, 0.717) is 24.7 Å². The predicted molar refractivity (Wildman–Crippen MR) is 100 cm³/mol. The summed E-state index contributed by atoms with van der Waals surface area (Å²) in [5.41, 5.74) is 2.20. The van der Waals surface area contributed by atoms with E-state index in [4.69, 9.17) is 4.52 Å². The SMILES string of the molecule is Cc1ccc(-c2noc(CN3CCN(C(=O)CC(C)(C)C)CC3)n2)cc1. The van der Waals surface area contributed by atoms with Gasteiger partial charge in [-0.05, 0) is 12.3 Å². The summed E-state index contributed by atoms with van der Waals surface area (Å²) in [6.07, 6.45) is 0.594. The van der Waals surface area contributed by atoms with Crippen LogP contribution in [0, 0.1) is 12.3 Å². The van der Waals surface area contributed by atoms with Gasteiger partial charge in [-0.2, -0.15) is 4.98 Å². The fraction of sp³-hybridized carbons (Fsp3) is 0.550. The molecule has 0 radical (unpaired) electrons. The van der Waals surface area contributed by atoms with Crippen molar-refractivity contribution in [2.75, 3.05) is 26.2 Å². The number of carbonyl (C=O) groups excluding carboxylic acids is 1. The third kappa shape index (κ3) is 4.91. The second-order valence-corrected chi connectivity index (χ2v) is 8.27. The van der Waals surface area contributed by atoms with Gasteiger partial charge in [-0.15, -0.1) is 0 Å². The summed E-state index contributed by atoms with van der Waals surface area (Å²) in [6.45, 7) is 12.2. The van der Waals surface area contributed by atoms with Crippen molar-refractivity contribution in [3.8, 4) is 11.4 Å². The summed E-state index contributed by atoms with van der Waals surface area (Å²) >= 11 is 0. The van der Waals surface area contributed by atoms with Crippen molar-refractivity contribution in [2.24, 2.45) is 5.41 Å². The molecule has 2 aromatic rings. The van der Waals surface area contributed by atoms with Crippen LogP contribution in [0.3, 0.4) is 0 Å². The minimum Gasteiger partial charge on any atom is -0.340 e. The van der Waals surface area contributed by atoms with Crippen LogP contribution in [0.15, 0.2) is 28.8 Å². The lowest BCUT2D eigenvalue weighted by molar-refractivity contribution is -0.134. The molecule has 1 aromatic heterocycles. The van der Waals surface area contributed by atoms with Gasteiger partial charge in [-0.3, -0.25) is 9.69 Å². The monoisotopic (exact) mass is 356 g/mol. The first-order chi connectivity index (χ1) is 12.3. The van der Waals surface area contributed by atoms with Crippen molar-refractivity contribution in [3.05, 3.63) is 35.7 Å². The molecule has 2 heterocycles. The molecule has 1 saturated heterocycles. The van der Waals surface area contributed by atoms with Crippen molar-refractivity contribution in [1.82, 2.24) is 19.9 Å². The Labute approximate surface area is 155 Å². The van der Waals surface area contributed by atoms with Gasteiger partial charge in [-0.25, -0.2) is 0 Å². The highest BCUT2D eigenvalue weighted by atomic mass is 16.5. The summed E-state index contributed by atoms with van der Waals surface area (Å²) in [5.74, 6) is 1.49. The number of aryl methyl sites for hydroxylation is 1. The summed E-state index contributed by atoms with van der Waals surface area (Å²) in [4.78, 5) is 21.1. The molecule has 3 rings (SSSR count). The summed E-state index contributed by atoms with van der Waals surface area (Å²) in [5, 5.41) is 4.09. The molecule has 1 aromatic carbocycles. The highest BCUT2D eigenvalue weighted by Gasteiger charge is 2.25. The topological polar surface area (TPSA) is 62.5 Å². The number of hydrogen-bond donors (Lipinski definition) is 0. The van der Waals surface area contributed by atoms with Crippen LogP contribution in [-0.4, -0.2) is 52.0 Å². The first-order valence-electron chi connectivity index (χ1n) is 9.20. The number of rotatable bonds is 4. The summed E-state index contributed by atoms with van der Waals surface area (Å²) in [7, 11) is 0. The van der Waals surface area contributed by atoms with E-state index in [1.165, 1.54) is 5.56 Å². The van der Waals surface area contributed by atoms with Crippen molar-refractivity contribution in [3.63, 3.8) is 0 Å². The number of aromatic nitrogens is 2. The Morgan fingerprint density at radius 2 is 1.77 bits per heavy atom. The van der Waals surface area contributed by atoms with Crippen molar-refractivity contribution < 1.29 is 9.32 Å². The molecule has 0 saturated carbocycles. The van der Waals surface area contributed by atoms with E-state index in [0.717, 1.165) is 31.7 Å². The molecule has 1 fully saturated rings. The van der Waals surface area contributed by atoms with Crippen molar-refractivity contribution >= 4 is 5.91 Å². The van der Waals surface area contributed by atoms with E-state index in [1.54, 1.807) is 0 Å². The standard InChI is InChI=1S/C20H28N4O2/c1-15-5-7-16(8-6-15)19-21-17(26-22-19)14-23-9-11-24(12-10-23)18(25)13-20(2,3)4/h5-8H,9-14H2,1-4H3. The van der Waals surface area contributed by atoms with E-state index in [9.17, 15) is 4.79 Å². The van der Waals surface area contributed by atoms with Crippen molar-refractivity contribution in [1.29, 1.82) is 0 Å². The normalized spacial score (nSPS) is 16.1. The molecule has 0 aliphatic carbocycles. The lowest BCUT2D eigenvalue weighted by atomic mass is 9.91. The first-order valence-corrected chi connectivity index (χ1v) is 9.20. The van der Waals surface area contributed by atoms with Crippen LogP contribution >= 0.6 is 0 Å². The summed E-state index contributed by atoms with van der Waals surface area (Å²) in [6, 6.07) is 8.09. The maximum absolute atomic E-state index is 12.3. The molecule has 0 spiro atoms. The Morgan fingerprint density at radius 3 is 2.38 bits per heavy atom. The van der Waals surface area contributed by atoms with Gasteiger partial charge in [0.25, 0.3) is 0 Å². The molecule has 0 atom stereocenters. The van der Waals surface area contributed by atoms with Crippen molar-refractivity contribution in [2.45, 2.75) is 40.7 Å². The summed E-state index contributed by atoms with van der Waals surface area (Å²) < 4.78 is 5.41. The fourth-order valence-electron chi connectivity index (χ4n) is 3.05. The third-order valence-corrected chi connectivity index (χ3v) is 4.54. The number of benzene rings is 1. The number of hydrogen-bond acceptors (Lipinski definition) is 5. The van der Waals surface area contributed by atoms with E-state index in [2.05, 4.69) is 42.7 Å². The zero-order valence-electron chi connectivity index (χ0n) is 16.2. The Hall–Kier alpha value is -2.21. The lowest BCUT2D eigenvalue weighted by Gasteiger charge is -2.35. The first kappa shape index (κ1) is 18.6. The zero-order chi connectivity index (χ0) is 18.7. The van der Waals surface area contributed by atoms with E-state index in [-0.39, 0.29) is 11.3 Å². The molecule has 1 aliphatic heterocycles. The Bertz CT molecular complexity index is 738. The second kappa shape index (κ2) is 7.58. The zero-order valence-corrected chi connectivity index (χ0v) is 16.2. The molecule has 0 bridgehead atoms. The average Bonchev–Trinajstić information content (AvgIpc) is 3.03. The van der Waals surface area contributed by atoms with Crippen LogP contribution in [0.4, 0.5) is 0 Å². The maximum atomic E-state index is 12.3. The van der Waals surface area contributed by atoms with Crippen LogP contribution in [0.5, 0.6) is 0 Å². The van der Waals surface area contributed by atoms with Crippen LogP contribution in [0.25, 0.3) is 11.4 Å². The van der Waals surface area contributed by atoms with Crippen LogP contribution in [0.2, 0.25) is 0 Å². The van der Waals surface area contributed by atoms with E-state index in [1.807, 2.05) is 29.2 Å². The van der Waals surface area contributed by atoms with Gasteiger partial charge in [0.1, 0.15) is 0 Å². The van der Waals surface area contributed by atoms with E-state index >= 15 is 0 Å². The Kier molecular flexibility index (Phi) is 5.41. The van der Waals surface area contributed by atoms with Gasteiger partial charge in [0.2, 0.25) is 17.6 Å². The van der Waals surface area contributed by atoms with Gasteiger partial charge in [0, 0.05) is 38.2 Å². The van der Waals surface area contributed by atoms with Crippen LogP contribution in [-0.2, 0) is 11.3 Å². The highest BCUT2D eigenvalue weighted by molar-refractivity contribution is 5.76. The molecule has 6 nitrogen and oxygen atoms in total. The molecule has 0 N–H and O–H groups in total. The minimum atomic E-state index is 0.0321. The van der Waals surface area contributed by atoms with Gasteiger partial charge < -0.3 is 9.42 Å². The number of carbonyl (C=O) groups is 1. The number of nitrogens with zero attached hydrogens (tertiary/aromatic N) is 4. The third-order valence-electron chi connectivity index (χ3n) is 4.54. The molecule has 1 aliphatic rings. The molecular weight excluding hydrogens is 328 g/mol. The number of amides is 1. The molecule has 26 heavy (non-hydrogen) atoms. The Balaban J connectivity index is 1.52. The van der Waals surface area contributed by atoms with Gasteiger partial charge in [0.05, 0.1) is 6.54 Å². The van der Waals surface area contributed by atoms with Crippen LogP contribution < -0.4 is 0 Å². The minimum absolute atomic E-state index is 0.0321. The molecule has 0 unspecified atom stereocenters. The second-order valence-electron chi connectivity index (χ2n) is 8.27. The largest absolute Gasteiger partial charge is 0.340 e. The lowest BCUT2D eigenvalue weighted by Crippen LogP contribution is -2.48. The van der Waals surface area contributed by atoms with Gasteiger partial charge >= 0.3 is 0 Å².